The summed E-state index contributed by atoms with van der Waals surface area (Å²) in [6.07, 6.45) is 2.10. The number of hydrogen-bond donors (Lipinski definition) is 4. The van der Waals surface area contributed by atoms with Crippen molar-refractivity contribution in [3.63, 3.8) is 0 Å². The van der Waals surface area contributed by atoms with Crippen molar-refractivity contribution in [2.24, 2.45) is 0 Å². The normalized spacial score (nSPS) is 10.1. The van der Waals surface area contributed by atoms with Crippen LogP contribution in [-0.4, -0.2) is 25.5 Å². The molecule has 0 saturated heterocycles. The summed E-state index contributed by atoms with van der Waals surface area (Å²) < 4.78 is 2.76. The highest BCUT2D eigenvalue weighted by Gasteiger charge is 2.03. The average Bonchev–Trinajstić information content (AvgIpc) is 2.40. The van der Waals surface area contributed by atoms with Crippen molar-refractivity contribution in [3.8, 4) is 0 Å². The van der Waals surface area contributed by atoms with Crippen LogP contribution < -0.4 is 15.4 Å². The van der Waals surface area contributed by atoms with Crippen molar-refractivity contribution in [1.29, 1.82) is 0 Å². The molecule has 100 valence electrons. The number of carbonyl (C=O) groups excluding carboxylic acids is 1. The van der Waals surface area contributed by atoms with Gasteiger partial charge in [-0.05, 0) is 30.7 Å². The molecule has 0 aliphatic heterocycles. The standard InChI is InChI=1S/C13H21N3OS/c1-2-3-8-15-13(17)11-4-6-12(7-5-11)14-9-10-16-18/h4-7,14,16,18H,2-3,8-10H2,1H3,(H,15,17). The fourth-order valence-electron chi connectivity index (χ4n) is 1.48. The molecule has 3 N–H and O–H groups in total. The van der Waals surface area contributed by atoms with Gasteiger partial charge in [0.25, 0.3) is 5.91 Å². The number of carbonyl (C=O) groups is 1. The topological polar surface area (TPSA) is 53.2 Å². The summed E-state index contributed by atoms with van der Waals surface area (Å²) >= 11 is 3.91. The summed E-state index contributed by atoms with van der Waals surface area (Å²) in [5, 5.41) is 6.11. The number of thiol groups is 1. The van der Waals surface area contributed by atoms with Gasteiger partial charge in [0.15, 0.2) is 0 Å². The average molecular weight is 267 g/mol. The SMILES string of the molecule is CCCCNC(=O)c1ccc(NCCNS)cc1. The molecule has 0 saturated carbocycles. The van der Waals surface area contributed by atoms with Gasteiger partial charge < -0.3 is 10.6 Å². The fraction of sp³-hybridized carbons (Fsp3) is 0.462. The molecule has 0 aliphatic carbocycles. The third-order valence-corrected chi connectivity index (χ3v) is 2.75. The lowest BCUT2D eigenvalue weighted by Crippen LogP contribution is -2.24. The van der Waals surface area contributed by atoms with Crippen LogP contribution in [0.15, 0.2) is 24.3 Å². The molecule has 18 heavy (non-hydrogen) atoms. The second-order valence-electron chi connectivity index (χ2n) is 4.02. The molecule has 5 heteroatoms. The van der Waals surface area contributed by atoms with Gasteiger partial charge >= 0.3 is 0 Å². The van der Waals surface area contributed by atoms with Crippen LogP contribution in [0, 0.1) is 0 Å². The molecule has 1 amide bonds. The molecule has 0 aliphatic rings. The molecule has 1 rings (SSSR count). The first-order chi connectivity index (χ1) is 8.77. The van der Waals surface area contributed by atoms with Crippen LogP contribution in [0.5, 0.6) is 0 Å². The van der Waals surface area contributed by atoms with E-state index in [0.29, 0.717) is 5.56 Å². The Bertz CT molecular complexity index is 354. The number of anilines is 1. The molecule has 0 radical (unpaired) electrons. The summed E-state index contributed by atoms with van der Waals surface area (Å²) in [7, 11) is 0. The zero-order chi connectivity index (χ0) is 13.2. The highest BCUT2D eigenvalue weighted by atomic mass is 32.1. The molecule has 0 atom stereocenters. The zero-order valence-electron chi connectivity index (χ0n) is 10.7. The van der Waals surface area contributed by atoms with E-state index in [4.69, 9.17) is 0 Å². The van der Waals surface area contributed by atoms with Crippen molar-refractivity contribution < 1.29 is 4.79 Å². The first-order valence-electron chi connectivity index (χ1n) is 6.27. The van der Waals surface area contributed by atoms with Gasteiger partial charge in [-0.15, -0.1) is 0 Å². The van der Waals surface area contributed by atoms with Gasteiger partial charge in [-0.3, -0.25) is 9.52 Å². The van der Waals surface area contributed by atoms with E-state index in [2.05, 4.69) is 35.1 Å². The quantitative estimate of drug-likeness (QED) is 0.431. The van der Waals surface area contributed by atoms with Crippen LogP contribution in [0.1, 0.15) is 30.1 Å². The van der Waals surface area contributed by atoms with Gasteiger partial charge in [-0.25, -0.2) is 0 Å². The molecule has 0 unspecified atom stereocenters. The third kappa shape index (κ3) is 5.42. The highest BCUT2D eigenvalue weighted by molar-refractivity contribution is 7.78. The molecular formula is C13H21N3OS. The van der Waals surface area contributed by atoms with Crippen molar-refractivity contribution in [2.75, 3.05) is 25.0 Å². The van der Waals surface area contributed by atoms with E-state index in [1.54, 1.807) is 0 Å². The Morgan fingerprint density at radius 3 is 2.50 bits per heavy atom. The molecule has 1 aromatic rings. The predicted molar refractivity (Wildman–Crippen MR) is 79.2 cm³/mol. The Kier molecular flexibility index (Phi) is 7.29. The van der Waals surface area contributed by atoms with E-state index in [1.165, 1.54) is 0 Å². The number of amides is 1. The van der Waals surface area contributed by atoms with E-state index in [0.717, 1.165) is 38.2 Å². The summed E-state index contributed by atoms with van der Waals surface area (Å²) in [4.78, 5) is 11.7. The second-order valence-corrected chi connectivity index (χ2v) is 4.34. The number of rotatable bonds is 8. The third-order valence-electron chi connectivity index (χ3n) is 2.53. The van der Waals surface area contributed by atoms with E-state index >= 15 is 0 Å². The molecule has 0 fully saturated rings. The highest BCUT2D eigenvalue weighted by Crippen LogP contribution is 2.09. The minimum absolute atomic E-state index is 0.00738. The smallest absolute Gasteiger partial charge is 0.251 e. The Morgan fingerprint density at radius 1 is 1.17 bits per heavy atom. The lowest BCUT2D eigenvalue weighted by molar-refractivity contribution is 0.0953. The van der Waals surface area contributed by atoms with E-state index in [1.807, 2.05) is 24.3 Å². The first kappa shape index (κ1) is 14.9. The molecule has 0 aromatic heterocycles. The van der Waals surface area contributed by atoms with E-state index in [-0.39, 0.29) is 5.91 Å². The number of hydrogen-bond acceptors (Lipinski definition) is 4. The number of nitrogens with one attached hydrogen (secondary N) is 3. The van der Waals surface area contributed by atoms with Crippen LogP contribution >= 0.6 is 12.8 Å². The van der Waals surface area contributed by atoms with Crippen LogP contribution in [-0.2, 0) is 0 Å². The van der Waals surface area contributed by atoms with Gasteiger partial charge in [-0.2, -0.15) is 0 Å². The summed E-state index contributed by atoms with van der Waals surface area (Å²) in [6.45, 7) is 4.42. The molecule has 0 heterocycles. The van der Waals surface area contributed by atoms with Crippen LogP contribution in [0.25, 0.3) is 0 Å². The largest absolute Gasteiger partial charge is 0.384 e. The van der Waals surface area contributed by atoms with Crippen LogP contribution in [0.2, 0.25) is 0 Å². The van der Waals surface area contributed by atoms with E-state index < -0.39 is 0 Å². The van der Waals surface area contributed by atoms with E-state index in [9.17, 15) is 4.79 Å². The predicted octanol–water partition coefficient (Wildman–Crippen LogP) is 2.06. The molecule has 1 aromatic carbocycles. The van der Waals surface area contributed by atoms with Crippen molar-refractivity contribution in [2.45, 2.75) is 19.8 Å². The molecular weight excluding hydrogens is 246 g/mol. The summed E-state index contributed by atoms with van der Waals surface area (Å²) in [6, 6.07) is 7.48. The number of benzene rings is 1. The van der Waals surface area contributed by atoms with Crippen LogP contribution in [0.4, 0.5) is 5.69 Å². The maximum atomic E-state index is 11.7. The Balaban J connectivity index is 2.41. The second kappa shape index (κ2) is 8.83. The van der Waals surface area contributed by atoms with Gasteiger partial charge in [0.2, 0.25) is 0 Å². The van der Waals surface area contributed by atoms with Crippen molar-refractivity contribution in [3.05, 3.63) is 29.8 Å². The van der Waals surface area contributed by atoms with Crippen molar-refractivity contribution >= 4 is 24.4 Å². The maximum absolute atomic E-state index is 11.7. The molecule has 4 nitrogen and oxygen atoms in total. The van der Waals surface area contributed by atoms with Gasteiger partial charge in [0, 0.05) is 30.9 Å². The lowest BCUT2D eigenvalue weighted by atomic mass is 10.2. The van der Waals surface area contributed by atoms with Crippen LogP contribution in [0.3, 0.4) is 0 Å². The maximum Gasteiger partial charge on any atom is 0.251 e. The summed E-state index contributed by atoms with van der Waals surface area (Å²) in [5.74, 6) is -0.00738. The lowest BCUT2D eigenvalue weighted by Gasteiger charge is -2.07. The number of unbranched alkanes of at least 4 members (excludes halogenated alkanes) is 1. The Labute approximate surface area is 114 Å². The van der Waals surface area contributed by atoms with Gasteiger partial charge in [0.05, 0.1) is 0 Å². The van der Waals surface area contributed by atoms with Gasteiger partial charge in [-0.1, -0.05) is 26.2 Å². The monoisotopic (exact) mass is 267 g/mol. The first-order valence-corrected chi connectivity index (χ1v) is 6.71. The molecule has 0 bridgehead atoms. The van der Waals surface area contributed by atoms with Gasteiger partial charge in [0.1, 0.15) is 0 Å². The van der Waals surface area contributed by atoms with Crippen molar-refractivity contribution in [1.82, 2.24) is 10.0 Å². The Morgan fingerprint density at radius 2 is 1.89 bits per heavy atom. The molecule has 0 spiro atoms. The minimum Gasteiger partial charge on any atom is -0.384 e. The minimum atomic E-state index is -0.00738. The summed E-state index contributed by atoms with van der Waals surface area (Å²) in [5.41, 5.74) is 1.70. The Hall–Kier alpha value is -1.20. The zero-order valence-corrected chi connectivity index (χ0v) is 11.6. The fourth-order valence-corrected chi connectivity index (χ4v) is 1.59.